The van der Waals surface area contributed by atoms with Crippen molar-refractivity contribution < 1.29 is 13.2 Å². The van der Waals surface area contributed by atoms with Gasteiger partial charge in [-0.3, -0.25) is 4.68 Å². The molecule has 18 heavy (non-hydrogen) atoms. The molecular formula is C11H19ClN2O3S. The minimum Gasteiger partial charge on any atom is -0.372 e. The zero-order valence-electron chi connectivity index (χ0n) is 11.1. The lowest BCUT2D eigenvalue weighted by Gasteiger charge is -2.08. The first-order chi connectivity index (χ1) is 8.25. The summed E-state index contributed by atoms with van der Waals surface area (Å²) in [5.74, 6) is 0. The van der Waals surface area contributed by atoms with Crippen LogP contribution >= 0.6 is 10.7 Å². The number of hydrogen-bond acceptors (Lipinski definition) is 4. The van der Waals surface area contributed by atoms with E-state index >= 15 is 0 Å². The van der Waals surface area contributed by atoms with Crippen LogP contribution < -0.4 is 0 Å². The Hall–Kier alpha value is -0.590. The van der Waals surface area contributed by atoms with Crippen molar-refractivity contribution in [3.63, 3.8) is 0 Å². The standard InChI is InChI=1S/C11H19ClN2O3S/c1-5-9(4)14-6-11(18(12,15)16)10(13-14)7-17-8(2)3/h6,8-9H,5,7H2,1-4H3/t9-/m1/s1. The van der Waals surface area contributed by atoms with Gasteiger partial charge in [0.2, 0.25) is 0 Å². The molecule has 104 valence electrons. The van der Waals surface area contributed by atoms with Crippen LogP contribution in [0.15, 0.2) is 11.1 Å². The van der Waals surface area contributed by atoms with Crippen LogP contribution in [0, 0.1) is 0 Å². The number of ether oxygens (including phenoxy) is 1. The Morgan fingerprint density at radius 1 is 1.44 bits per heavy atom. The molecule has 0 saturated heterocycles. The van der Waals surface area contributed by atoms with Crippen molar-refractivity contribution in [1.29, 1.82) is 0 Å². The highest BCUT2D eigenvalue weighted by molar-refractivity contribution is 8.13. The Morgan fingerprint density at radius 3 is 2.50 bits per heavy atom. The maximum atomic E-state index is 11.5. The zero-order chi connectivity index (χ0) is 13.9. The Bertz CT molecular complexity index is 496. The van der Waals surface area contributed by atoms with Crippen molar-refractivity contribution in [3.05, 3.63) is 11.9 Å². The SMILES string of the molecule is CC[C@@H](C)n1cc(S(=O)(=O)Cl)c(COC(C)C)n1. The maximum absolute atomic E-state index is 11.5. The van der Waals surface area contributed by atoms with Gasteiger partial charge in [0.15, 0.2) is 0 Å². The first-order valence-electron chi connectivity index (χ1n) is 5.90. The second-order valence-electron chi connectivity index (χ2n) is 4.47. The normalized spacial score (nSPS) is 14.1. The van der Waals surface area contributed by atoms with Gasteiger partial charge >= 0.3 is 0 Å². The average molecular weight is 295 g/mol. The molecule has 0 N–H and O–H groups in total. The number of nitrogens with zero attached hydrogens (tertiary/aromatic N) is 2. The van der Waals surface area contributed by atoms with E-state index in [0.29, 0.717) is 5.69 Å². The summed E-state index contributed by atoms with van der Waals surface area (Å²) in [6.45, 7) is 7.86. The topological polar surface area (TPSA) is 61.2 Å². The van der Waals surface area contributed by atoms with Gasteiger partial charge in [0, 0.05) is 22.9 Å². The van der Waals surface area contributed by atoms with Gasteiger partial charge in [-0.2, -0.15) is 5.10 Å². The van der Waals surface area contributed by atoms with Crippen molar-refractivity contribution >= 4 is 19.7 Å². The average Bonchev–Trinajstić information content (AvgIpc) is 2.69. The van der Waals surface area contributed by atoms with Crippen LogP contribution in [-0.4, -0.2) is 24.3 Å². The molecule has 1 rings (SSSR count). The smallest absolute Gasteiger partial charge is 0.264 e. The molecule has 0 spiro atoms. The van der Waals surface area contributed by atoms with Gasteiger partial charge in [-0.05, 0) is 27.2 Å². The van der Waals surface area contributed by atoms with E-state index in [1.165, 1.54) is 6.20 Å². The van der Waals surface area contributed by atoms with Gasteiger partial charge in [0.1, 0.15) is 10.6 Å². The molecule has 0 aromatic carbocycles. The summed E-state index contributed by atoms with van der Waals surface area (Å²) in [6.07, 6.45) is 2.33. The third kappa shape index (κ3) is 3.96. The highest BCUT2D eigenvalue weighted by Crippen LogP contribution is 2.22. The van der Waals surface area contributed by atoms with E-state index in [0.717, 1.165) is 6.42 Å². The summed E-state index contributed by atoms with van der Waals surface area (Å²) in [7, 11) is 1.61. The Morgan fingerprint density at radius 2 is 2.06 bits per heavy atom. The van der Waals surface area contributed by atoms with E-state index in [1.54, 1.807) is 4.68 Å². The van der Waals surface area contributed by atoms with Crippen molar-refractivity contribution in [3.8, 4) is 0 Å². The van der Waals surface area contributed by atoms with Crippen LogP contribution in [0.25, 0.3) is 0 Å². The molecule has 0 aliphatic rings. The highest BCUT2D eigenvalue weighted by Gasteiger charge is 2.22. The van der Waals surface area contributed by atoms with Gasteiger partial charge in [-0.15, -0.1) is 0 Å². The third-order valence-corrected chi connectivity index (χ3v) is 3.99. The van der Waals surface area contributed by atoms with Gasteiger partial charge < -0.3 is 4.74 Å². The molecule has 1 aromatic rings. The molecule has 0 aliphatic heterocycles. The predicted octanol–water partition coefficient (Wildman–Crippen LogP) is 2.71. The summed E-state index contributed by atoms with van der Waals surface area (Å²) in [6, 6.07) is 0.120. The van der Waals surface area contributed by atoms with E-state index in [1.807, 2.05) is 27.7 Å². The number of aromatic nitrogens is 2. The van der Waals surface area contributed by atoms with Gasteiger partial charge in [-0.25, -0.2) is 8.42 Å². The minimum absolute atomic E-state index is 0.00429. The molecule has 0 radical (unpaired) electrons. The number of rotatable bonds is 6. The summed E-state index contributed by atoms with van der Waals surface area (Å²) in [4.78, 5) is 0.0325. The first-order valence-corrected chi connectivity index (χ1v) is 8.21. The molecule has 1 heterocycles. The van der Waals surface area contributed by atoms with Crippen molar-refractivity contribution in [2.75, 3.05) is 0 Å². The fourth-order valence-electron chi connectivity index (χ4n) is 1.37. The lowest BCUT2D eigenvalue weighted by Crippen LogP contribution is -2.07. The lowest BCUT2D eigenvalue weighted by atomic mass is 10.3. The van der Waals surface area contributed by atoms with E-state index in [-0.39, 0.29) is 23.6 Å². The van der Waals surface area contributed by atoms with E-state index in [9.17, 15) is 8.42 Å². The molecule has 0 bridgehead atoms. The Balaban J connectivity index is 3.09. The van der Waals surface area contributed by atoms with Crippen molar-refractivity contribution in [1.82, 2.24) is 9.78 Å². The Labute approximate surface area is 113 Å². The van der Waals surface area contributed by atoms with Crippen LogP contribution in [0.5, 0.6) is 0 Å². The quantitative estimate of drug-likeness (QED) is 0.757. The molecule has 1 aromatic heterocycles. The molecule has 0 aliphatic carbocycles. The van der Waals surface area contributed by atoms with E-state index in [4.69, 9.17) is 15.4 Å². The summed E-state index contributed by atoms with van der Waals surface area (Å²) in [5, 5.41) is 4.25. The number of hydrogen-bond donors (Lipinski definition) is 0. The Kier molecular flexibility index (Phi) is 5.19. The maximum Gasteiger partial charge on any atom is 0.264 e. The number of halogens is 1. The minimum atomic E-state index is -3.79. The molecule has 5 nitrogen and oxygen atoms in total. The largest absolute Gasteiger partial charge is 0.372 e. The van der Waals surface area contributed by atoms with Gasteiger partial charge in [-0.1, -0.05) is 6.92 Å². The first kappa shape index (κ1) is 15.5. The molecule has 0 unspecified atom stereocenters. The van der Waals surface area contributed by atoms with Crippen LogP contribution in [0.4, 0.5) is 0 Å². The van der Waals surface area contributed by atoms with Gasteiger partial charge in [0.25, 0.3) is 9.05 Å². The fraction of sp³-hybridized carbons (Fsp3) is 0.727. The molecule has 0 saturated carbocycles. The van der Waals surface area contributed by atoms with Crippen LogP contribution in [0.3, 0.4) is 0 Å². The second kappa shape index (κ2) is 6.04. The summed E-state index contributed by atoms with van der Waals surface area (Å²) >= 11 is 0. The third-order valence-electron chi connectivity index (χ3n) is 2.63. The predicted molar refractivity (Wildman–Crippen MR) is 70.2 cm³/mol. The van der Waals surface area contributed by atoms with E-state index in [2.05, 4.69) is 5.10 Å². The summed E-state index contributed by atoms with van der Waals surface area (Å²) in [5.41, 5.74) is 0.360. The highest BCUT2D eigenvalue weighted by atomic mass is 35.7. The lowest BCUT2D eigenvalue weighted by molar-refractivity contribution is 0.0618. The van der Waals surface area contributed by atoms with Crippen LogP contribution in [-0.2, 0) is 20.4 Å². The van der Waals surface area contributed by atoms with Gasteiger partial charge in [0.05, 0.1) is 12.7 Å². The van der Waals surface area contributed by atoms with Crippen molar-refractivity contribution in [2.24, 2.45) is 0 Å². The summed E-state index contributed by atoms with van der Waals surface area (Å²) < 4.78 is 30.0. The van der Waals surface area contributed by atoms with Crippen LogP contribution in [0.2, 0.25) is 0 Å². The van der Waals surface area contributed by atoms with E-state index < -0.39 is 9.05 Å². The molecule has 0 fully saturated rings. The molecule has 0 amide bonds. The zero-order valence-corrected chi connectivity index (χ0v) is 12.6. The monoisotopic (exact) mass is 294 g/mol. The fourth-order valence-corrected chi connectivity index (χ4v) is 2.38. The molecular weight excluding hydrogens is 276 g/mol. The molecule has 1 atom stereocenters. The molecule has 7 heteroatoms. The second-order valence-corrected chi connectivity index (χ2v) is 7.01. The van der Waals surface area contributed by atoms with Crippen molar-refractivity contribution in [2.45, 2.75) is 57.8 Å². The van der Waals surface area contributed by atoms with Crippen LogP contribution in [0.1, 0.15) is 45.9 Å².